The first kappa shape index (κ1) is 21.2. The monoisotopic (exact) mass is 448 g/mol. The Bertz CT molecular complexity index is 1160. The van der Waals surface area contributed by atoms with Crippen LogP contribution < -0.4 is 10.0 Å². The summed E-state index contributed by atoms with van der Waals surface area (Å²) >= 11 is 11.8. The van der Waals surface area contributed by atoms with Gasteiger partial charge in [-0.1, -0.05) is 40.9 Å². The lowest BCUT2D eigenvalue weighted by Gasteiger charge is -2.12. The van der Waals surface area contributed by atoms with E-state index in [2.05, 4.69) is 10.0 Å². The summed E-state index contributed by atoms with van der Waals surface area (Å²) < 4.78 is 27.9. The zero-order valence-electron chi connectivity index (χ0n) is 15.7. The molecule has 0 heterocycles. The van der Waals surface area contributed by atoms with Crippen LogP contribution in [0.1, 0.15) is 21.5 Å². The van der Waals surface area contributed by atoms with Crippen molar-refractivity contribution in [2.75, 3.05) is 10.0 Å². The number of benzene rings is 3. The molecule has 0 saturated heterocycles. The maximum atomic E-state index is 12.6. The summed E-state index contributed by atoms with van der Waals surface area (Å²) in [6.07, 6.45) is 0. The van der Waals surface area contributed by atoms with Crippen molar-refractivity contribution in [3.63, 3.8) is 0 Å². The van der Waals surface area contributed by atoms with Gasteiger partial charge < -0.3 is 5.32 Å². The first-order valence-electron chi connectivity index (χ1n) is 8.62. The molecule has 2 N–H and O–H groups in total. The molecule has 1 amide bonds. The molecule has 150 valence electrons. The molecule has 8 heteroatoms. The van der Waals surface area contributed by atoms with Crippen LogP contribution in [0.15, 0.2) is 65.6 Å². The summed E-state index contributed by atoms with van der Waals surface area (Å²) in [4.78, 5) is 12.4. The van der Waals surface area contributed by atoms with Crippen LogP contribution in [0.25, 0.3) is 0 Å². The second kappa shape index (κ2) is 8.45. The number of carbonyl (C=O) groups excluding carboxylic acids is 1. The molecule has 0 bridgehead atoms. The minimum Gasteiger partial charge on any atom is -0.322 e. The molecule has 3 aromatic carbocycles. The van der Waals surface area contributed by atoms with Gasteiger partial charge in [-0.15, -0.1) is 0 Å². The van der Waals surface area contributed by atoms with Gasteiger partial charge in [0.1, 0.15) is 0 Å². The summed E-state index contributed by atoms with van der Waals surface area (Å²) in [5, 5.41) is 3.38. The summed E-state index contributed by atoms with van der Waals surface area (Å²) in [5.41, 5.74) is 3.14. The van der Waals surface area contributed by atoms with Crippen molar-refractivity contribution >= 4 is 50.5 Å². The fourth-order valence-electron chi connectivity index (χ4n) is 2.74. The van der Waals surface area contributed by atoms with E-state index in [0.29, 0.717) is 27.0 Å². The van der Waals surface area contributed by atoms with E-state index in [1.165, 1.54) is 42.5 Å². The number of hydrogen-bond acceptors (Lipinski definition) is 3. The first-order chi connectivity index (χ1) is 13.6. The van der Waals surface area contributed by atoms with Crippen molar-refractivity contribution in [3.05, 3.63) is 87.4 Å². The fourth-order valence-corrected chi connectivity index (χ4v) is 4.39. The highest BCUT2D eigenvalue weighted by molar-refractivity contribution is 7.92. The van der Waals surface area contributed by atoms with Gasteiger partial charge >= 0.3 is 0 Å². The van der Waals surface area contributed by atoms with Crippen LogP contribution in [0.5, 0.6) is 0 Å². The van der Waals surface area contributed by atoms with Gasteiger partial charge in [0.15, 0.2) is 0 Å². The molecular formula is C21H18Cl2N2O3S. The van der Waals surface area contributed by atoms with Crippen LogP contribution in [0.4, 0.5) is 11.4 Å². The average molecular weight is 449 g/mol. The van der Waals surface area contributed by atoms with E-state index in [1.807, 2.05) is 26.0 Å². The number of halogens is 2. The SMILES string of the molecule is Cc1ccc(NS(=O)(=O)c2ccc(NC(=O)c3cc(Cl)cc(Cl)c3)cc2)c(C)c1. The van der Waals surface area contributed by atoms with Gasteiger partial charge in [-0.3, -0.25) is 9.52 Å². The third-order valence-corrected chi connectivity index (χ3v) is 5.99. The maximum Gasteiger partial charge on any atom is 0.261 e. The number of carbonyl (C=O) groups is 1. The van der Waals surface area contributed by atoms with Crippen molar-refractivity contribution in [1.82, 2.24) is 0 Å². The molecule has 0 aliphatic rings. The summed E-state index contributed by atoms with van der Waals surface area (Å²) in [6, 6.07) is 15.9. The summed E-state index contributed by atoms with van der Waals surface area (Å²) in [7, 11) is -3.75. The van der Waals surface area contributed by atoms with Crippen molar-refractivity contribution in [2.24, 2.45) is 0 Å². The molecule has 0 aromatic heterocycles. The zero-order chi connectivity index (χ0) is 21.2. The molecular weight excluding hydrogens is 431 g/mol. The van der Waals surface area contributed by atoms with Gasteiger partial charge in [-0.2, -0.15) is 0 Å². The lowest BCUT2D eigenvalue weighted by molar-refractivity contribution is 0.102. The number of aryl methyl sites for hydroxylation is 2. The molecule has 3 aromatic rings. The molecule has 29 heavy (non-hydrogen) atoms. The van der Waals surface area contributed by atoms with Gasteiger partial charge in [0.25, 0.3) is 15.9 Å². The van der Waals surface area contributed by atoms with Gasteiger partial charge in [0.2, 0.25) is 0 Å². The normalized spacial score (nSPS) is 11.2. The Morgan fingerprint density at radius 1 is 0.862 bits per heavy atom. The molecule has 0 aliphatic carbocycles. The summed E-state index contributed by atoms with van der Waals surface area (Å²) in [5.74, 6) is -0.404. The Kier molecular flexibility index (Phi) is 6.17. The Morgan fingerprint density at radius 3 is 2.07 bits per heavy atom. The highest BCUT2D eigenvalue weighted by Gasteiger charge is 2.16. The van der Waals surface area contributed by atoms with Crippen LogP contribution in [0.3, 0.4) is 0 Å². The van der Waals surface area contributed by atoms with Crippen LogP contribution >= 0.6 is 23.2 Å². The quantitative estimate of drug-likeness (QED) is 0.528. The third kappa shape index (κ3) is 5.29. The lowest BCUT2D eigenvalue weighted by atomic mass is 10.1. The summed E-state index contributed by atoms with van der Waals surface area (Å²) in [6.45, 7) is 3.78. The van der Waals surface area contributed by atoms with Crippen LogP contribution in [0.2, 0.25) is 10.0 Å². The Balaban J connectivity index is 1.76. The predicted octanol–water partition coefficient (Wildman–Crippen LogP) is 5.66. The molecule has 0 fully saturated rings. The second-order valence-corrected chi connectivity index (χ2v) is 9.12. The minimum absolute atomic E-state index is 0.0845. The number of anilines is 2. The van der Waals surface area contributed by atoms with E-state index < -0.39 is 15.9 Å². The van der Waals surface area contributed by atoms with E-state index in [9.17, 15) is 13.2 Å². The van der Waals surface area contributed by atoms with E-state index in [4.69, 9.17) is 23.2 Å². The highest BCUT2D eigenvalue weighted by Crippen LogP contribution is 2.23. The number of sulfonamides is 1. The van der Waals surface area contributed by atoms with Crippen LogP contribution in [0, 0.1) is 13.8 Å². The molecule has 0 radical (unpaired) electrons. The van der Waals surface area contributed by atoms with E-state index in [0.717, 1.165) is 11.1 Å². The number of hydrogen-bond donors (Lipinski definition) is 2. The Labute approximate surface area is 179 Å². The Morgan fingerprint density at radius 2 is 1.48 bits per heavy atom. The molecule has 0 atom stereocenters. The van der Waals surface area contributed by atoms with Crippen LogP contribution in [-0.4, -0.2) is 14.3 Å². The van der Waals surface area contributed by atoms with Crippen molar-refractivity contribution in [2.45, 2.75) is 18.7 Å². The molecule has 3 rings (SSSR count). The fraction of sp³-hybridized carbons (Fsp3) is 0.0952. The van der Waals surface area contributed by atoms with Gasteiger partial charge in [0.05, 0.1) is 10.6 Å². The minimum atomic E-state index is -3.75. The molecule has 0 unspecified atom stereocenters. The van der Waals surface area contributed by atoms with E-state index in [-0.39, 0.29) is 4.90 Å². The van der Waals surface area contributed by atoms with E-state index in [1.54, 1.807) is 6.07 Å². The van der Waals surface area contributed by atoms with Crippen molar-refractivity contribution in [3.8, 4) is 0 Å². The van der Waals surface area contributed by atoms with Crippen molar-refractivity contribution < 1.29 is 13.2 Å². The largest absolute Gasteiger partial charge is 0.322 e. The molecule has 0 aliphatic heterocycles. The molecule has 0 saturated carbocycles. The van der Waals surface area contributed by atoms with Crippen LogP contribution in [-0.2, 0) is 10.0 Å². The highest BCUT2D eigenvalue weighted by atomic mass is 35.5. The molecule has 5 nitrogen and oxygen atoms in total. The first-order valence-corrected chi connectivity index (χ1v) is 10.9. The van der Waals surface area contributed by atoms with Gasteiger partial charge in [-0.05, 0) is 67.9 Å². The number of rotatable bonds is 5. The zero-order valence-corrected chi connectivity index (χ0v) is 18.0. The van der Waals surface area contributed by atoms with Gasteiger partial charge in [0, 0.05) is 21.3 Å². The number of amides is 1. The standard InChI is InChI=1S/C21H18Cl2N2O3S/c1-13-3-8-20(14(2)9-13)25-29(27,28)19-6-4-18(5-7-19)24-21(26)15-10-16(22)12-17(23)11-15/h3-12,25H,1-2H3,(H,24,26). The smallest absolute Gasteiger partial charge is 0.261 e. The topological polar surface area (TPSA) is 75.3 Å². The Hall–Kier alpha value is -2.54. The second-order valence-electron chi connectivity index (χ2n) is 6.56. The predicted molar refractivity (Wildman–Crippen MR) is 118 cm³/mol. The maximum absolute atomic E-state index is 12.6. The number of nitrogens with one attached hydrogen (secondary N) is 2. The van der Waals surface area contributed by atoms with E-state index >= 15 is 0 Å². The molecule has 0 spiro atoms. The third-order valence-electron chi connectivity index (χ3n) is 4.17. The van der Waals surface area contributed by atoms with Crippen molar-refractivity contribution in [1.29, 1.82) is 0 Å². The average Bonchev–Trinajstić information content (AvgIpc) is 2.63. The van der Waals surface area contributed by atoms with Gasteiger partial charge in [-0.25, -0.2) is 8.42 Å². The lowest BCUT2D eigenvalue weighted by Crippen LogP contribution is -2.15.